The molecule has 5 rings (SSSR count). The summed E-state index contributed by atoms with van der Waals surface area (Å²) in [6, 6.07) is 25.5. The maximum absolute atomic E-state index is 9.90. The number of aromatic amines is 1. The zero-order chi connectivity index (χ0) is 23.7. The number of fused-ring (bicyclic) bond motifs is 1. The van der Waals surface area contributed by atoms with Gasteiger partial charge in [0.2, 0.25) is 11.8 Å². The second kappa shape index (κ2) is 8.97. The summed E-state index contributed by atoms with van der Waals surface area (Å²) in [6.45, 7) is 2.53. The van der Waals surface area contributed by atoms with Gasteiger partial charge in [0.05, 0.1) is 17.2 Å². The third kappa shape index (κ3) is 4.09. The number of ether oxygens (including phenoxy) is 2. The minimum atomic E-state index is -0.441. The summed E-state index contributed by atoms with van der Waals surface area (Å²) >= 11 is 6.06. The predicted molar refractivity (Wildman–Crippen MR) is 130 cm³/mol. The van der Waals surface area contributed by atoms with E-state index in [2.05, 4.69) is 35.3 Å². The number of nitriles is 1. The average molecular weight is 469 g/mol. The summed E-state index contributed by atoms with van der Waals surface area (Å²) in [5.41, 5.74) is 12.0. The number of rotatable bonds is 5. The lowest BCUT2D eigenvalue weighted by atomic mass is 9.83. The molecule has 1 aliphatic rings. The van der Waals surface area contributed by atoms with Gasteiger partial charge in [-0.3, -0.25) is 5.10 Å². The van der Waals surface area contributed by atoms with Gasteiger partial charge >= 0.3 is 0 Å². The van der Waals surface area contributed by atoms with E-state index in [0.29, 0.717) is 23.1 Å². The molecule has 0 spiro atoms. The summed E-state index contributed by atoms with van der Waals surface area (Å²) in [6.07, 6.45) is 0. The van der Waals surface area contributed by atoms with Crippen LogP contribution >= 0.6 is 11.6 Å². The highest BCUT2D eigenvalue weighted by atomic mass is 35.5. The zero-order valence-corrected chi connectivity index (χ0v) is 19.1. The third-order valence-electron chi connectivity index (χ3n) is 5.77. The van der Waals surface area contributed by atoms with Crippen LogP contribution in [-0.4, -0.2) is 10.2 Å². The molecule has 1 aromatic heterocycles. The second-order valence-electron chi connectivity index (χ2n) is 8.10. The molecule has 1 atom stereocenters. The number of aryl methyl sites for hydroxylation is 1. The van der Waals surface area contributed by atoms with E-state index in [1.807, 2.05) is 48.5 Å². The van der Waals surface area contributed by atoms with Crippen molar-refractivity contribution < 1.29 is 9.47 Å². The Hall–Kier alpha value is -4.21. The summed E-state index contributed by atoms with van der Waals surface area (Å²) in [7, 11) is 0. The molecule has 7 heteroatoms. The quantitative estimate of drug-likeness (QED) is 0.383. The number of H-pyrrole nitrogens is 1. The van der Waals surface area contributed by atoms with Crippen LogP contribution in [0.3, 0.4) is 0 Å². The van der Waals surface area contributed by atoms with E-state index in [-0.39, 0.29) is 5.88 Å². The molecule has 0 radical (unpaired) electrons. The van der Waals surface area contributed by atoms with Crippen molar-refractivity contribution >= 4 is 11.6 Å². The number of nitrogens with two attached hydrogens (primary N) is 1. The lowest BCUT2D eigenvalue weighted by molar-refractivity contribution is 0.306. The van der Waals surface area contributed by atoms with Crippen molar-refractivity contribution in [2.45, 2.75) is 19.4 Å². The molecule has 6 nitrogen and oxygen atoms in total. The third-order valence-corrected chi connectivity index (χ3v) is 6.03. The highest BCUT2D eigenvalue weighted by Crippen LogP contribution is 2.45. The van der Waals surface area contributed by atoms with Gasteiger partial charge in [-0.15, -0.1) is 5.10 Å². The molecule has 168 valence electrons. The number of nitrogens with one attached hydrogen (secondary N) is 1. The van der Waals surface area contributed by atoms with Gasteiger partial charge in [-0.25, -0.2) is 0 Å². The molecular weight excluding hydrogens is 448 g/mol. The summed E-state index contributed by atoms with van der Waals surface area (Å²) < 4.78 is 11.6. The standard InChI is InChI=1S/C27H21ClN4O2/c1-16-3-2-4-17(13-16)15-33-21-11-7-18(8-12-21)23-22(14-29)26(30)34-27-24(23)25(31-32-27)19-5-9-20(28)10-6-19/h2-13,23H,15,30H2,1H3,(H,31,32). The van der Waals surface area contributed by atoms with Crippen molar-refractivity contribution in [1.29, 1.82) is 5.26 Å². The summed E-state index contributed by atoms with van der Waals surface area (Å²) in [5.74, 6) is 0.697. The Bertz CT molecular complexity index is 1420. The number of halogens is 1. The molecule has 34 heavy (non-hydrogen) atoms. The number of aromatic nitrogens is 2. The largest absolute Gasteiger partial charge is 0.489 e. The molecule has 0 saturated heterocycles. The van der Waals surface area contributed by atoms with Crippen LogP contribution in [0.4, 0.5) is 0 Å². The first-order valence-electron chi connectivity index (χ1n) is 10.7. The van der Waals surface area contributed by atoms with Gasteiger partial charge in [-0.2, -0.15) is 5.26 Å². The highest BCUT2D eigenvalue weighted by Gasteiger charge is 2.35. The topological polar surface area (TPSA) is 96.9 Å². The lowest BCUT2D eigenvalue weighted by Gasteiger charge is -2.24. The summed E-state index contributed by atoms with van der Waals surface area (Å²) in [4.78, 5) is 0. The molecule has 3 N–H and O–H groups in total. The van der Waals surface area contributed by atoms with Crippen LogP contribution in [-0.2, 0) is 6.61 Å². The number of hydrogen-bond donors (Lipinski definition) is 2. The maximum Gasteiger partial charge on any atom is 0.244 e. The number of allylic oxidation sites excluding steroid dienone is 1. The number of benzene rings is 3. The van der Waals surface area contributed by atoms with Gasteiger partial charge in [0.25, 0.3) is 0 Å². The minimum Gasteiger partial charge on any atom is -0.489 e. The SMILES string of the molecule is Cc1cccc(COc2ccc(C3C(C#N)=C(N)Oc4n[nH]c(-c5ccc(Cl)cc5)c43)cc2)c1. The molecule has 2 heterocycles. The van der Waals surface area contributed by atoms with Crippen LogP contribution in [0.1, 0.15) is 28.2 Å². The van der Waals surface area contributed by atoms with Crippen molar-refractivity contribution in [3.05, 3.63) is 112 Å². The van der Waals surface area contributed by atoms with Crippen molar-refractivity contribution in [1.82, 2.24) is 10.2 Å². The van der Waals surface area contributed by atoms with E-state index in [0.717, 1.165) is 33.7 Å². The molecule has 0 aliphatic carbocycles. The van der Waals surface area contributed by atoms with Crippen LogP contribution in [0.2, 0.25) is 5.02 Å². The predicted octanol–water partition coefficient (Wildman–Crippen LogP) is 5.84. The van der Waals surface area contributed by atoms with Gasteiger partial charge in [-0.1, -0.05) is 65.7 Å². The lowest BCUT2D eigenvalue weighted by Crippen LogP contribution is -2.21. The van der Waals surface area contributed by atoms with Crippen LogP contribution in [0, 0.1) is 18.3 Å². The van der Waals surface area contributed by atoms with E-state index in [4.69, 9.17) is 26.8 Å². The number of hydrogen-bond acceptors (Lipinski definition) is 5. The Morgan fingerprint density at radius 1 is 1.12 bits per heavy atom. The molecule has 0 saturated carbocycles. The van der Waals surface area contributed by atoms with Crippen LogP contribution in [0.5, 0.6) is 11.6 Å². The fourth-order valence-corrected chi connectivity index (χ4v) is 4.27. The summed E-state index contributed by atoms with van der Waals surface area (Å²) in [5, 5.41) is 17.9. The van der Waals surface area contributed by atoms with Gasteiger partial charge in [0.1, 0.15) is 24.0 Å². The van der Waals surface area contributed by atoms with E-state index >= 15 is 0 Å². The van der Waals surface area contributed by atoms with Crippen LogP contribution < -0.4 is 15.2 Å². The van der Waals surface area contributed by atoms with Crippen LogP contribution in [0.25, 0.3) is 11.3 Å². The van der Waals surface area contributed by atoms with Crippen molar-refractivity contribution in [3.63, 3.8) is 0 Å². The van der Waals surface area contributed by atoms with Gasteiger partial charge in [-0.05, 0) is 42.3 Å². The highest BCUT2D eigenvalue weighted by molar-refractivity contribution is 6.30. The van der Waals surface area contributed by atoms with Gasteiger partial charge in [0.15, 0.2) is 0 Å². The monoisotopic (exact) mass is 468 g/mol. The Kier molecular flexibility index (Phi) is 5.70. The van der Waals surface area contributed by atoms with E-state index in [9.17, 15) is 5.26 Å². The molecule has 1 unspecified atom stereocenters. The van der Waals surface area contributed by atoms with Gasteiger partial charge < -0.3 is 15.2 Å². The van der Waals surface area contributed by atoms with Crippen LogP contribution in [0.15, 0.2) is 84.3 Å². The van der Waals surface area contributed by atoms with E-state index in [1.165, 1.54) is 5.56 Å². The minimum absolute atomic E-state index is 0.0499. The second-order valence-corrected chi connectivity index (χ2v) is 8.53. The Labute approximate surface area is 202 Å². The Morgan fingerprint density at radius 2 is 1.88 bits per heavy atom. The van der Waals surface area contributed by atoms with Crippen molar-refractivity contribution in [3.8, 4) is 29.0 Å². The number of nitrogens with zero attached hydrogens (tertiary/aromatic N) is 2. The normalized spacial score (nSPS) is 14.8. The fourth-order valence-electron chi connectivity index (χ4n) is 4.14. The molecule has 1 aliphatic heterocycles. The zero-order valence-electron chi connectivity index (χ0n) is 18.4. The first-order valence-corrected chi connectivity index (χ1v) is 11.1. The fraction of sp³-hybridized carbons (Fsp3) is 0.111. The first kappa shape index (κ1) is 21.6. The maximum atomic E-state index is 9.90. The molecule has 3 aromatic carbocycles. The first-order chi connectivity index (χ1) is 16.5. The van der Waals surface area contributed by atoms with E-state index in [1.54, 1.807) is 12.1 Å². The average Bonchev–Trinajstić information content (AvgIpc) is 3.26. The smallest absolute Gasteiger partial charge is 0.244 e. The van der Waals surface area contributed by atoms with E-state index < -0.39 is 5.92 Å². The Balaban J connectivity index is 1.48. The van der Waals surface area contributed by atoms with Crippen molar-refractivity contribution in [2.24, 2.45) is 5.73 Å². The Morgan fingerprint density at radius 3 is 2.59 bits per heavy atom. The molecular formula is C27H21ClN4O2. The molecule has 0 fully saturated rings. The van der Waals surface area contributed by atoms with Crippen molar-refractivity contribution in [2.75, 3.05) is 0 Å². The molecule has 4 aromatic rings. The van der Waals surface area contributed by atoms with Gasteiger partial charge in [0, 0.05) is 10.6 Å². The molecule has 0 amide bonds. The molecule has 0 bridgehead atoms.